The molecule has 346 valence electrons. The fraction of sp³-hybridized carbons (Fsp3) is 0.700. The van der Waals surface area contributed by atoms with Gasteiger partial charge in [-0.25, -0.2) is 4.57 Å². The molecule has 0 spiro atoms. The van der Waals surface area contributed by atoms with Crippen molar-refractivity contribution in [3.8, 4) is 0 Å². The van der Waals surface area contributed by atoms with Crippen LogP contribution in [0.2, 0.25) is 0 Å². The van der Waals surface area contributed by atoms with Gasteiger partial charge in [0.1, 0.15) is 12.2 Å². The normalized spacial score (nSPS) is 14.7. The summed E-state index contributed by atoms with van der Waals surface area (Å²) in [5.41, 5.74) is 0. The van der Waals surface area contributed by atoms with E-state index in [0.29, 0.717) is 19.4 Å². The van der Waals surface area contributed by atoms with E-state index < -0.39 is 45.8 Å². The van der Waals surface area contributed by atoms with Gasteiger partial charge in [0.25, 0.3) is 0 Å². The van der Waals surface area contributed by atoms with Gasteiger partial charge >= 0.3 is 13.8 Å². The molecule has 0 fully saturated rings. The van der Waals surface area contributed by atoms with Crippen LogP contribution >= 0.6 is 7.82 Å². The molecular formula is C50H87O9P. The summed E-state index contributed by atoms with van der Waals surface area (Å²) in [6, 6.07) is 0. The Kier molecular flexibility index (Phi) is 44.3. The van der Waals surface area contributed by atoms with Crippen LogP contribution in [0.4, 0.5) is 0 Å². The summed E-state index contributed by atoms with van der Waals surface area (Å²) >= 11 is 0. The molecule has 0 saturated heterocycles. The predicted octanol–water partition coefficient (Wildman–Crippen LogP) is 13.5. The van der Waals surface area contributed by atoms with Gasteiger partial charge in [0.15, 0.2) is 0 Å². The topological polar surface area (TPSA) is 132 Å². The lowest BCUT2D eigenvalue weighted by Crippen LogP contribution is -2.29. The summed E-state index contributed by atoms with van der Waals surface area (Å²) in [7, 11) is -4.55. The minimum absolute atomic E-state index is 0.00994. The van der Waals surface area contributed by atoms with E-state index in [1.54, 1.807) is 0 Å². The first-order valence-electron chi connectivity index (χ1n) is 23.6. The summed E-state index contributed by atoms with van der Waals surface area (Å²) in [6.45, 7) is 3.16. The van der Waals surface area contributed by atoms with Crippen molar-refractivity contribution in [3.05, 3.63) is 85.1 Å². The summed E-state index contributed by atoms with van der Waals surface area (Å²) in [5, 5.41) is 18.4. The number of phosphoric ester groups is 1. The third-order valence-electron chi connectivity index (χ3n) is 9.58. The number of aliphatic hydroxyl groups is 2. The van der Waals surface area contributed by atoms with Crippen molar-refractivity contribution in [2.45, 2.75) is 193 Å². The van der Waals surface area contributed by atoms with Crippen LogP contribution in [0.3, 0.4) is 0 Å². The standard InChI is InChI=1S/C50H87O9P/c1-3-5-7-9-11-13-15-17-19-21-22-23-24-25-26-27-28-30-32-34-36-38-40-42-50(53)59-49(47-58-60(54,55)57-45-48(52)44-51)46-56-43-41-39-37-35-33-31-29-20-18-16-14-12-10-8-6-4-2/h6,8,12,14-15,17-18,20-22,31,33,37,39,48-49,51-52H,3-5,7,9-11,13,16,19,23-30,32,34-36,38,40-47H2,1-2H3,(H,54,55)/b8-6-,14-12-,17-15-,20-18-,22-21-,33-31-,39-37-. The lowest BCUT2D eigenvalue weighted by atomic mass is 10.0. The highest BCUT2D eigenvalue weighted by atomic mass is 31.2. The largest absolute Gasteiger partial charge is 0.472 e. The Labute approximate surface area is 366 Å². The van der Waals surface area contributed by atoms with E-state index >= 15 is 0 Å². The lowest BCUT2D eigenvalue weighted by molar-refractivity contribution is -0.154. The highest BCUT2D eigenvalue weighted by molar-refractivity contribution is 7.47. The molecule has 0 bridgehead atoms. The van der Waals surface area contributed by atoms with Crippen LogP contribution < -0.4 is 0 Å². The van der Waals surface area contributed by atoms with Crippen molar-refractivity contribution in [2.75, 3.05) is 33.0 Å². The van der Waals surface area contributed by atoms with Gasteiger partial charge in [0, 0.05) is 6.42 Å². The number of ether oxygens (including phenoxy) is 2. The monoisotopic (exact) mass is 863 g/mol. The second-order valence-electron chi connectivity index (χ2n) is 15.4. The fourth-order valence-electron chi connectivity index (χ4n) is 6.04. The molecule has 3 atom stereocenters. The maximum Gasteiger partial charge on any atom is 0.472 e. The van der Waals surface area contributed by atoms with Gasteiger partial charge in [0.2, 0.25) is 0 Å². The maximum atomic E-state index is 12.7. The number of rotatable bonds is 44. The first-order valence-corrected chi connectivity index (χ1v) is 25.1. The molecule has 0 aliphatic rings. The molecule has 0 heterocycles. The molecule has 0 saturated carbocycles. The first-order chi connectivity index (χ1) is 29.3. The number of aliphatic hydroxyl groups excluding tert-OH is 2. The maximum absolute atomic E-state index is 12.7. The van der Waals surface area contributed by atoms with E-state index in [1.165, 1.54) is 89.9 Å². The summed E-state index contributed by atoms with van der Waals surface area (Å²) in [4.78, 5) is 22.6. The number of hydrogen-bond acceptors (Lipinski definition) is 8. The van der Waals surface area contributed by atoms with Gasteiger partial charge in [-0.3, -0.25) is 13.8 Å². The van der Waals surface area contributed by atoms with E-state index in [2.05, 4.69) is 92.8 Å². The third-order valence-corrected chi connectivity index (χ3v) is 10.5. The average Bonchev–Trinajstić information content (AvgIpc) is 3.24. The van der Waals surface area contributed by atoms with E-state index in [4.69, 9.17) is 23.6 Å². The Morgan fingerprint density at radius 2 is 0.950 bits per heavy atom. The number of carbonyl (C=O) groups is 1. The third kappa shape index (κ3) is 45.2. The van der Waals surface area contributed by atoms with Crippen molar-refractivity contribution in [1.82, 2.24) is 0 Å². The molecule has 10 heteroatoms. The number of phosphoric acid groups is 1. The SMILES string of the molecule is CC/C=C\C/C=C\C/C=C\C/C=C\C/C=C\CCOCC(COP(=O)(O)OCC(O)CO)OC(=O)CCCCCCCCCCCCC/C=C\C/C=C\CCCCCCC. The van der Waals surface area contributed by atoms with Crippen LogP contribution in [0, 0.1) is 0 Å². The molecule has 0 radical (unpaired) electrons. The predicted molar refractivity (Wildman–Crippen MR) is 251 cm³/mol. The molecule has 3 unspecified atom stereocenters. The molecule has 60 heavy (non-hydrogen) atoms. The van der Waals surface area contributed by atoms with Gasteiger partial charge < -0.3 is 24.6 Å². The number of allylic oxidation sites excluding steroid dienone is 13. The summed E-state index contributed by atoms with van der Waals surface area (Å²) < 4.78 is 33.3. The van der Waals surface area contributed by atoms with Gasteiger partial charge in [-0.05, 0) is 77.0 Å². The molecule has 0 aromatic heterocycles. The van der Waals surface area contributed by atoms with Crippen molar-refractivity contribution in [3.63, 3.8) is 0 Å². The zero-order valence-corrected chi connectivity index (χ0v) is 38.8. The molecule has 3 N–H and O–H groups in total. The van der Waals surface area contributed by atoms with Gasteiger partial charge in [-0.15, -0.1) is 0 Å². The zero-order valence-electron chi connectivity index (χ0n) is 37.9. The van der Waals surface area contributed by atoms with E-state index in [9.17, 15) is 19.4 Å². The molecular weight excluding hydrogens is 776 g/mol. The molecule has 0 amide bonds. The highest BCUT2D eigenvalue weighted by Gasteiger charge is 2.26. The molecule has 0 aromatic rings. The van der Waals surface area contributed by atoms with Gasteiger partial charge in [0.05, 0.1) is 33.0 Å². The smallest absolute Gasteiger partial charge is 0.457 e. The van der Waals surface area contributed by atoms with E-state index in [1.807, 2.05) is 6.08 Å². The van der Waals surface area contributed by atoms with Crippen LogP contribution in [0.25, 0.3) is 0 Å². The first kappa shape index (κ1) is 57.6. The zero-order chi connectivity index (χ0) is 43.9. The number of carbonyl (C=O) groups excluding carboxylic acids is 1. The van der Waals surface area contributed by atoms with Gasteiger partial charge in [-0.1, -0.05) is 182 Å². The molecule has 0 rings (SSSR count). The van der Waals surface area contributed by atoms with Crippen molar-refractivity contribution in [2.24, 2.45) is 0 Å². The molecule has 0 aliphatic heterocycles. The van der Waals surface area contributed by atoms with Crippen LogP contribution in [0.1, 0.15) is 181 Å². The Morgan fingerprint density at radius 1 is 0.533 bits per heavy atom. The van der Waals surface area contributed by atoms with Crippen LogP contribution in [-0.4, -0.2) is 66.3 Å². The number of unbranched alkanes of at least 4 members (excludes halogenated alkanes) is 16. The molecule has 0 aromatic carbocycles. The summed E-state index contributed by atoms with van der Waals surface area (Å²) in [6.07, 6.45) is 57.1. The molecule has 0 aliphatic carbocycles. The Balaban J connectivity index is 4.20. The average molecular weight is 863 g/mol. The molecule has 9 nitrogen and oxygen atoms in total. The van der Waals surface area contributed by atoms with Gasteiger partial charge in [-0.2, -0.15) is 0 Å². The fourth-order valence-corrected chi connectivity index (χ4v) is 6.83. The van der Waals surface area contributed by atoms with Crippen LogP contribution in [-0.2, 0) is 27.9 Å². The summed E-state index contributed by atoms with van der Waals surface area (Å²) in [5.74, 6) is -0.412. The van der Waals surface area contributed by atoms with E-state index in [0.717, 1.165) is 57.8 Å². The quantitative estimate of drug-likeness (QED) is 0.0237. The number of esters is 1. The highest BCUT2D eigenvalue weighted by Crippen LogP contribution is 2.43. The lowest BCUT2D eigenvalue weighted by Gasteiger charge is -2.20. The minimum Gasteiger partial charge on any atom is -0.457 e. The van der Waals surface area contributed by atoms with Crippen molar-refractivity contribution >= 4 is 13.8 Å². The van der Waals surface area contributed by atoms with Crippen molar-refractivity contribution in [1.29, 1.82) is 0 Å². The second-order valence-corrected chi connectivity index (χ2v) is 16.8. The van der Waals surface area contributed by atoms with Crippen LogP contribution in [0.15, 0.2) is 85.1 Å². The van der Waals surface area contributed by atoms with Crippen molar-refractivity contribution < 1.29 is 43.0 Å². The second kappa shape index (κ2) is 46.2. The minimum atomic E-state index is -4.55. The Bertz CT molecular complexity index is 1210. The Morgan fingerprint density at radius 3 is 1.43 bits per heavy atom. The van der Waals surface area contributed by atoms with Crippen LogP contribution in [0.5, 0.6) is 0 Å². The number of hydrogen-bond donors (Lipinski definition) is 3. The van der Waals surface area contributed by atoms with E-state index in [-0.39, 0.29) is 13.0 Å². The Hall–Kier alpha value is -2.36.